The number of nitrogens with one attached hydrogen (secondary N) is 1. The molecule has 19 heavy (non-hydrogen) atoms. The van der Waals surface area contributed by atoms with Crippen LogP contribution in [-0.2, 0) is 0 Å². The van der Waals surface area contributed by atoms with Gasteiger partial charge in [0, 0.05) is 18.0 Å². The topological polar surface area (TPSA) is 38.3 Å². The van der Waals surface area contributed by atoms with Crippen molar-refractivity contribution in [2.75, 3.05) is 12.4 Å². The van der Waals surface area contributed by atoms with E-state index in [-0.39, 0.29) is 11.7 Å². The highest BCUT2D eigenvalue weighted by Gasteiger charge is 2.08. The molecule has 1 amide bonds. The van der Waals surface area contributed by atoms with Gasteiger partial charge >= 0.3 is 6.61 Å². The molecule has 0 aliphatic carbocycles. The Bertz CT molecular complexity index is 402. The van der Waals surface area contributed by atoms with Gasteiger partial charge in [-0.25, -0.2) is 0 Å². The number of amides is 1. The van der Waals surface area contributed by atoms with Gasteiger partial charge in [-0.1, -0.05) is 12.5 Å². The molecule has 0 heterocycles. The first-order chi connectivity index (χ1) is 9.13. The minimum atomic E-state index is -2.89. The van der Waals surface area contributed by atoms with Crippen LogP contribution in [0.4, 0.5) is 8.78 Å². The average Bonchev–Trinajstić information content (AvgIpc) is 2.38. The standard InChI is InChI=1S/C13H16ClF2NO2/c14-7-2-1-3-8-17-12(18)10-5-4-6-11(9-10)19-13(15)16/h4-6,9,13H,1-3,7-8H2,(H,17,18). The van der Waals surface area contributed by atoms with E-state index in [2.05, 4.69) is 10.1 Å². The SMILES string of the molecule is O=C(NCCCCCCl)c1cccc(OC(F)F)c1. The van der Waals surface area contributed by atoms with E-state index in [0.717, 1.165) is 19.3 Å². The zero-order chi connectivity index (χ0) is 14.1. The number of ether oxygens (including phenoxy) is 1. The van der Waals surface area contributed by atoms with E-state index < -0.39 is 6.61 Å². The second-order valence-electron chi connectivity index (χ2n) is 3.91. The second kappa shape index (κ2) is 8.69. The lowest BCUT2D eigenvalue weighted by Crippen LogP contribution is -2.24. The molecule has 1 aromatic rings. The van der Waals surface area contributed by atoms with Gasteiger partial charge in [-0.15, -0.1) is 11.6 Å². The van der Waals surface area contributed by atoms with E-state index in [1.807, 2.05) is 0 Å². The summed E-state index contributed by atoms with van der Waals surface area (Å²) in [6.45, 7) is -2.36. The number of hydrogen-bond acceptors (Lipinski definition) is 2. The van der Waals surface area contributed by atoms with Crippen molar-refractivity contribution in [2.24, 2.45) is 0 Å². The molecule has 0 spiro atoms. The van der Waals surface area contributed by atoms with Gasteiger partial charge in [0.25, 0.3) is 5.91 Å². The first-order valence-corrected chi connectivity index (χ1v) is 6.56. The Morgan fingerprint density at radius 1 is 1.32 bits per heavy atom. The van der Waals surface area contributed by atoms with Crippen molar-refractivity contribution in [1.29, 1.82) is 0 Å². The van der Waals surface area contributed by atoms with Crippen LogP contribution >= 0.6 is 11.6 Å². The van der Waals surface area contributed by atoms with Crippen molar-refractivity contribution in [3.8, 4) is 5.75 Å². The number of unbranched alkanes of at least 4 members (excludes halogenated alkanes) is 2. The van der Waals surface area contributed by atoms with Gasteiger partial charge in [-0.2, -0.15) is 8.78 Å². The monoisotopic (exact) mass is 291 g/mol. The molecule has 0 unspecified atom stereocenters. The van der Waals surface area contributed by atoms with Gasteiger partial charge in [-0.05, 0) is 31.0 Å². The van der Waals surface area contributed by atoms with Gasteiger partial charge in [0.05, 0.1) is 0 Å². The highest BCUT2D eigenvalue weighted by Crippen LogP contribution is 2.15. The third-order valence-corrected chi connectivity index (χ3v) is 2.68. The summed E-state index contributed by atoms with van der Waals surface area (Å²) in [5, 5.41) is 2.71. The van der Waals surface area contributed by atoms with E-state index in [9.17, 15) is 13.6 Å². The van der Waals surface area contributed by atoms with E-state index >= 15 is 0 Å². The van der Waals surface area contributed by atoms with Crippen LogP contribution in [0.5, 0.6) is 5.75 Å². The number of hydrogen-bond donors (Lipinski definition) is 1. The Kier molecular flexibility index (Phi) is 7.18. The molecule has 3 nitrogen and oxygen atoms in total. The lowest BCUT2D eigenvalue weighted by Gasteiger charge is -2.07. The van der Waals surface area contributed by atoms with E-state index in [4.69, 9.17) is 11.6 Å². The molecule has 0 bridgehead atoms. The summed E-state index contributed by atoms with van der Waals surface area (Å²) in [5.74, 6) is 0.288. The molecule has 0 aliphatic rings. The summed E-state index contributed by atoms with van der Waals surface area (Å²) in [6, 6.07) is 5.72. The zero-order valence-corrected chi connectivity index (χ0v) is 11.1. The number of rotatable bonds is 8. The molecule has 0 aromatic heterocycles. The second-order valence-corrected chi connectivity index (χ2v) is 4.29. The third kappa shape index (κ3) is 6.38. The summed E-state index contributed by atoms with van der Waals surface area (Å²) in [7, 11) is 0. The van der Waals surface area contributed by atoms with Crippen molar-refractivity contribution in [3.05, 3.63) is 29.8 Å². The number of benzene rings is 1. The summed E-state index contributed by atoms with van der Waals surface area (Å²) in [5.41, 5.74) is 0.301. The largest absolute Gasteiger partial charge is 0.435 e. The maximum absolute atomic E-state index is 12.0. The molecule has 0 radical (unpaired) electrons. The van der Waals surface area contributed by atoms with Gasteiger partial charge < -0.3 is 10.1 Å². The molecule has 0 fully saturated rings. The fourth-order valence-corrected chi connectivity index (χ4v) is 1.70. The van der Waals surface area contributed by atoms with Crippen LogP contribution in [0, 0.1) is 0 Å². The molecule has 0 atom stereocenters. The quantitative estimate of drug-likeness (QED) is 0.589. The molecule has 1 rings (SSSR count). The highest BCUT2D eigenvalue weighted by molar-refractivity contribution is 6.17. The maximum Gasteiger partial charge on any atom is 0.387 e. The minimum absolute atomic E-state index is 0.0233. The van der Waals surface area contributed by atoms with Crippen molar-refractivity contribution in [1.82, 2.24) is 5.32 Å². The fraction of sp³-hybridized carbons (Fsp3) is 0.462. The van der Waals surface area contributed by atoms with Crippen LogP contribution < -0.4 is 10.1 Å². The molecular formula is C13H16ClF2NO2. The Balaban J connectivity index is 2.43. The Morgan fingerprint density at radius 2 is 2.11 bits per heavy atom. The summed E-state index contributed by atoms with van der Waals surface area (Å²) < 4.78 is 28.3. The van der Waals surface area contributed by atoms with Gasteiger partial charge in [0.15, 0.2) is 0 Å². The predicted octanol–water partition coefficient (Wildman–Crippen LogP) is 3.43. The van der Waals surface area contributed by atoms with Crippen LogP contribution in [0.3, 0.4) is 0 Å². The molecule has 0 saturated carbocycles. The zero-order valence-electron chi connectivity index (χ0n) is 10.4. The van der Waals surface area contributed by atoms with Crippen LogP contribution in [0.1, 0.15) is 29.6 Å². The van der Waals surface area contributed by atoms with Crippen molar-refractivity contribution in [3.63, 3.8) is 0 Å². The molecule has 1 N–H and O–H groups in total. The molecule has 106 valence electrons. The average molecular weight is 292 g/mol. The van der Waals surface area contributed by atoms with Gasteiger partial charge in [0.1, 0.15) is 5.75 Å². The van der Waals surface area contributed by atoms with Crippen LogP contribution in [-0.4, -0.2) is 24.9 Å². The van der Waals surface area contributed by atoms with Gasteiger partial charge in [0.2, 0.25) is 0 Å². The van der Waals surface area contributed by atoms with Gasteiger partial charge in [-0.3, -0.25) is 4.79 Å². The number of halogens is 3. The Labute approximate surface area is 115 Å². The lowest BCUT2D eigenvalue weighted by atomic mass is 10.2. The third-order valence-electron chi connectivity index (χ3n) is 2.42. The highest BCUT2D eigenvalue weighted by atomic mass is 35.5. The normalized spacial score (nSPS) is 10.5. The summed E-state index contributed by atoms with van der Waals surface area (Å²) >= 11 is 5.54. The summed E-state index contributed by atoms with van der Waals surface area (Å²) in [6.07, 6.45) is 2.69. The first-order valence-electron chi connectivity index (χ1n) is 6.02. The predicted molar refractivity (Wildman–Crippen MR) is 70.0 cm³/mol. The van der Waals surface area contributed by atoms with Crippen molar-refractivity contribution < 1.29 is 18.3 Å². The summed E-state index contributed by atoms with van der Waals surface area (Å²) in [4.78, 5) is 11.7. The van der Waals surface area contributed by atoms with E-state index in [0.29, 0.717) is 18.0 Å². The number of carbonyl (C=O) groups is 1. The molecule has 0 aliphatic heterocycles. The fourth-order valence-electron chi connectivity index (χ4n) is 1.51. The first kappa shape index (κ1) is 15.7. The molecule has 6 heteroatoms. The van der Waals surface area contributed by atoms with Crippen molar-refractivity contribution >= 4 is 17.5 Å². The molecular weight excluding hydrogens is 276 g/mol. The Morgan fingerprint density at radius 3 is 2.79 bits per heavy atom. The van der Waals surface area contributed by atoms with E-state index in [1.54, 1.807) is 6.07 Å². The molecule has 0 saturated heterocycles. The molecule has 1 aromatic carbocycles. The smallest absolute Gasteiger partial charge is 0.387 e. The van der Waals surface area contributed by atoms with Crippen LogP contribution in [0.2, 0.25) is 0 Å². The number of carbonyl (C=O) groups excluding carboxylic acids is 1. The minimum Gasteiger partial charge on any atom is -0.435 e. The lowest BCUT2D eigenvalue weighted by molar-refractivity contribution is -0.0498. The maximum atomic E-state index is 12.0. The Hall–Kier alpha value is -1.36. The van der Waals surface area contributed by atoms with Crippen LogP contribution in [0.15, 0.2) is 24.3 Å². The van der Waals surface area contributed by atoms with Crippen molar-refractivity contribution in [2.45, 2.75) is 25.9 Å². The van der Waals surface area contributed by atoms with Crippen LogP contribution in [0.25, 0.3) is 0 Å². The number of alkyl halides is 3. The van der Waals surface area contributed by atoms with E-state index in [1.165, 1.54) is 18.2 Å².